The van der Waals surface area contributed by atoms with E-state index < -0.39 is 0 Å². The molecule has 0 unspecified atom stereocenters. The average molecular weight is 273 g/mol. The molecule has 2 aromatic rings. The molecule has 3 nitrogen and oxygen atoms in total. The Kier molecular flexibility index (Phi) is 3.51. The van der Waals surface area contributed by atoms with E-state index in [4.69, 9.17) is 4.98 Å². The van der Waals surface area contributed by atoms with Gasteiger partial charge in [0.25, 0.3) is 0 Å². The molecule has 0 aliphatic heterocycles. The van der Waals surface area contributed by atoms with Crippen LogP contribution in [-0.4, -0.2) is 15.9 Å². The Morgan fingerprint density at radius 3 is 2.63 bits per heavy atom. The van der Waals surface area contributed by atoms with Gasteiger partial charge >= 0.3 is 0 Å². The van der Waals surface area contributed by atoms with Gasteiger partial charge in [-0.25, -0.2) is 4.98 Å². The Bertz CT molecular complexity index is 529. The Labute approximate surface area is 118 Å². The summed E-state index contributed by atoms with van der Waals surface area (Å²) in [5.74, 6) is 1.01. The van der Waals surface area contributed by atoms with Crippen molar-refractivity contribution < 1.29 is 0 Å². The van der Waals surface area contributed by atoms with Crippen molar-refractivity contribution in [1.29, 1.82) is 0 Å². The predicted octanol–water partition coefficient (Wildman–Crippen LogP) is 3.83. The van der Waals surface area contributed by atoms with Crippen molar-refractivity contribution in [3.05, 3.63) is 41.7 Å². The number of anilines is 1. The summed E-state index contributed by atoms with van der Waals surface area (Å²) in [5.41, 5.74) is 1.42. The topological polar surface area (TPSA) is 37.8 Å². The van der Waals surface area contributed by atoms with Crippen LogP contribution in [0, 0.1) is 0 Å². The van der Waals surface area contributed by atoms with Crippen LogP contribution in [0.3, 0.4) is 0 Å². The van der Waals surface area contributed by atoms with Crippen LogP contribution < -0.4 is 5.32 Å². The van der Waals surface area contributed by atoms with Crippen molar-refractivity contribution in [3.8, 4) is 0 Å². The Balaban J connectivity index is 2.00. The molecule has 0 atom stereocenters. The molecule has 0 radical (unpaired) electrons. The van der Waals surface area contributed by atoms with Crippen molar-refractivity contribution in [2.24, 2.45) is 0 Å². The van der Waals surface area contributed by atoms with Crippen molar-refractivity contribution in [2.75, 3.05) is 11.9 Å². The van der Waals surface area contributed by atoms with Crippen LogP contribution >= 0.6 is 11.5 Å². The Hall–Kier alpha value is -1.42. The third kappa shape index (κ3) is 2.25. The van der Waals surface area contributed by atoms with E-state index in [0.717, 1.165) is 17.5 Å². The zero-order valence-corrected chi connectivity index (χ0v) is 12.0. The number of nitrogens with one attached hydrogen (secondary N) is 1. The molecule has 0 spiro atoms. The summed E-state index contributed by atoms with van der Waals surface area (Å²) in [4.78, 5) is 4.73. The van der Waals surface area contributed by atoms with Gasteiger partial charge < -0.3 is 5.32 Å². The molecule has 1 aromatic heterocycles. The summed E-state index contributed by atoms with van der Waals surface area (Å²) in [6, 6.07) is 10.8. The van der Waals surface area contributed by atoms with Crippen LogP contribution in [0.5, 0.6) is 0 Å². The fraction of sp³-hybridized carbons (Fsp3) is 0.467. The SMILES string of the molecule is CCNc1nc(C2(c3ccccc3)CCCC2)ns1. The van der Waals surface area contributed by atoms with Gasteiger partial charge in [0.15, 0.2) is 5.82 Å². The Morgan fingerprint density at radius 2 is 1.95 bits per heavy atom. The normalized spacial score (nSPS) is 17.5. The van der Waals surface area contributed by atoms with E-state index >= 15 is 0 Å². The van der Waals surface area contributed by atoms with Crippen molar-refractivity contribution in [1.82, 2.24) is 9.36 Å². The summed E-state index contributed by atoms with van der Waals surface area (Å²) in [5, 5.41) is 4.21. The molecule has 19 heavy (non-hydrogen) atoms. The monoisotopic (exact) mass is 273 g/mol. The number of hydrogen-bond acceptors (Lipinski definition) is 4. The molecule has 1 saturated carbocycles. The van der Waals surface area contributed by atoms with Gasteiger partial charge in [-0.3, -0.25) is 0 Å². The van der Waals surface area contributed by atoms with E-state index in [1.807, 2.05) is 0 Å². The smallest absolute Gasteiger partial charge is 0.202 e. The van der Waals surface area contributed by atoms with Gasteiger partial charge in [0, 0.05) is 18.1 Å². The molecular weight excluding hydrogens is 254 g/mol. The lowest BCUT2D eigenvalue weighted by atomic mass is 9.78. The van der Waals surface area contributed by atoms with Crippen LogP contribution in [-0.2, 0) is 5.41 Å². The first-order chi connectivity index (χ1) is 9.35. The first-order valence-corrected chi connectivity index (χ1v) is 7.76. The molecule has 1 aromatic carbocycles. The van der Waals surface area contributed by atoms with Crippen molar-refractivity contribution in [2.45, 2.75) is 38.0 Å². The van der Waals surface area contributed by atoms with Crippen LogP contribution in [0.25, 0.3) is 0 Å². The molecule has 4 heteroatoms. The maximum atomic E-state index is 4.73. The second-order valence-electron chi connectivity index (χ2n) is 5.11. The van der Waals surface area contributed by atoms with E-state index in [1.165, 1.54) is 42.8 Å². The zero-order valence-electron chi connectivity index (χ0n) is 11.2. The van der Waals surface area contributed by atoms with Gasteiger partial charge in [-0.2, -0.15) is 4.37 Å². The molecule has 1 N–H and O–H groups in total. The highest BCUT2D eigenvalue weighted by molar-refractivity contribution is 7.09. The van der Waals surface area contributed by atoms with E-state index in [0.29, 0.717) is 0 Å². The molecule has 0 amide bonds. The predicted molar refractivity (Wildman–Crippen MR) is 79.8 cm³/mol. The number of aromatic nitrogens is 2. The van der Waals surface area contributed by atoms with Gasteiger partial charge in [0.1, 0.15) is 0 Å². The van der Waals surface area contributed by atoms with Gasteiger partial charge in [0.2, 0.25) is 5.13 Å². The lowest BCUT2D eigenvalue weighted by Gasteiger charge is -2.26. The van der Waals surface area contributed by atoms with Crippen LogP contribution in [0.2, 0.25) is 0 Å². The van der Waals surface area contributed by atoms with Crippen LogP contribution in [0.4, 0.5) is 5.13 Å². The highest BCUT2D eigenvalue weighted by atomic mass is 32.1. The third-order valence-corrected chi connectivity index (χ3v) is 4.64. The largest absolute Gasteiger partial charge is 0.361 e. The lowest BCUT2D eigenvalue weighted by molar-refractivity contribution is 0.507. The molecule has 0 bridgehead atoms. The average Bonchev–Trinajstić information content (AvgIpc) is 3.09. The molecule has 100 valence electrons. The fourth-order valence-corrected chi connectivity index (χ4v) is 3.74. The van der Waals surface area contributed by atoms with Gasteiger partial charge in [-0.05, 0) is 25.3 Å². The van der Waals surface area contributed by atoms with Gasteiger partial charge in [-0.15, -0.1) is 0 Å². The van der Waals surface area contributed by atoms with Crippen LogP contribution in [0.15, 0.2) is 30.3 Å². The number of benzene rings is 1. The number of hydrogen-bond donors (Lipinski definition) is 1. The summed E-state index contributed by atoms with van der Waals surface area (Å²) in [6.07, 6.45) is 4.87. The quantitative estimate of drug-likeness (QED) is 0.920. The van der Waals surface area contributed by atoms with Crippen molar-refractivity contribution >= 4 is 16.7 Å². The highest BCUT2D eigenvalue weighted by Crippen LogP contribution is 2.45. The van der Waals surface area contributed by atoms with E-state index in [9.17, 15) is 0 Å². The summed E-state index contributed by atoms with van der Waals surface area (Å²) >= 11 is 1.48. The van der Waals surface area contributed by atoms with E-state index in [1.54, 1.807) is 0 Å². The Morgan fingerprint density at radius 1 is 1.21 bits per heavy atom. The first-order valence-electron chi connectivity index (χ1n) is 6.99. The maximum absolute atomic E-state index is 4.73. The fourth-order valence-electron chi connectivity index (χ4n) is 3.02. The molecule has 1 heterocycles. The molecule has 1 aliphatic rings. The first kappa shape index (κ1) is 12.6. The van der Waals surface area contributed by atoms with Gasteiger partial charge in [0.05, 0.1) is 5.41 Å². The molecule has 1 aliphatic carbocycles. The standard InChI is InChI=1S/C15H19N3S/c1-2-16-14-17-13(18-19-14)15(10-6-7-11-15)12-8-4-3-5-9-12/h3-5,8-9H,2,6-7,10-11H2,1H3,(H,16,17,18). The molecule has 1 fully saturated rings. The summed E-state index contributed by atoms with van der Waals surface area (Å²) in [6.45, 7) is 2.98. The maximum Gasteiger partial charge on any atom is 0.202 e. The third-order valence-electron chi connectivity index (χ3n) is 3.97. The minimum Gasteiger partial charge on any atom is -0.361 e. The second-order valence-corrected chi connectivity index (χ2v) is 5.86. The number of rotatable bonds is 4. The van der Waals surface area contributed by atoms with E-state index in [-0.39, 0.29) is 5.41 Å². The second kappa shape index (κ2) is 5.29. The van der Waals surface area contributed by atoms with E-state index in [2.05, 4.69) is 46.9 Å². The summed E-state index contributed by atoms with van der Waals surface area (Å²) in [7, 11) is 0. The van der Waals surface area contributed by atoms with Crippen molar-refractivity contribution in [3.63, 3.8) is 0 Å². The molecular formula is C15H19N3S. The lowest BCUT2D eigenvalue weighted by Crippen LogP contribution is -2.25. The van der Waals surface area contributed by atoms with Crippen LogP contribution in [0.1, 0.15) is 44.0 Å². The zero-order chi connectivity index (χ0) is 13.1. The molecule has 0 saturated heterocycles. The minimum atomic E-state index is 0.0471. The number of nitrogens with zero attached hydrogens (tertiary/aromatic N) is 2. The highest BCUT2D eigenvalue weighted by Gasteiger charge is 2.40. The summed E-state index contributed by atoms with van der Waals surface area (Å²) < 4.78 is 4.63. The minimum absolute atomic E-state index is 0.0471. The molecule has 3 rings (SSSR count). The van der Waals surface area contributed by atoms with Gasteiger partial charge in [-0.1, -0.05) is 43.2 Å².